The Hall–Kier alpha value is -4.71. The molecule has 5 rings (SSSR count). The van der Waals surface area contributed by atoms with Crippen molar-refractivity contribution in [2.75, 3.05) is 5.32 Å². The molecule has 0 aliphatic heterocycles. The summed E-state index contributed by atoms with van der Waals surface area (Å²) in [5.74, 6) is 0.558. The third kappa shape index (κ3) is 6.24. The van der Waals surface area contributed by atoms with Crippen LogP contribution in [0.25, 0.3) is 16.7 Å². The second-order valence-electron chi connectivity index (χ2n) is 8.92. The Labute approximate surface area is 229 Å². The first-order chi connectivity index (χ1) is 19.0. The zero-order chi connectivity index (χ0) is 27.8. The Morgan fingerprint density at radius 2 is 1.69 bits per heavy atom. The SMILES string of the molecule is CC.CC(=O)N(Cc1cc2c(=O)cc(Nc3ccccc3)n(-c3ccccc3)c2nc1C)C1=CCC=CC=C1. The van der Waals surface area contributed by atoms with Crippen molar-refractivity contribution in [3.8, 4) is 5.69 Å². The third-order valence-corrected chi connectivity index (χ3v) is 6.34. The molecule has 0 saturated carbocycles. The van der Waals surface area contributed by atoms with Gasteiger partial charge >= 0.3 is 0 Å². The first kappa shape index (κ1) is 27.3. The van der Waals surface area contributed by atoms with E-state index in [1.54, 1.807) is 17.9 Å². The fourth-order valence-corrected chi connectivity index (χ4v) is 4.45. The molecule has 0 unspecified atom stereocenters. The number of nitrogens with zero attached hydrogens (tertiary/aromatic N) is 3. The average molecular weight is 519 g/mol. The van der Waals surface area contributed by atoms with Crippen molar-refractivity contribution in [1.82, 2.24) is 14.5 Å². The summed E-state index contributed by atoms with van der Waals surface area (Å²) in [6.07, 6.45) is 10.6. The summed E-state index contributed by atoms with van der Waals surface area (Å²) >= 11 is 0. The molecule has 1 aliphatic carbocycles. The molecule has 4 aromatic rings. The Balaban J connectivity index is 0.00000172. The standard InChI is InChI=1S/C31H28N4O2.C2H6/c1-22-24(21-34(23(2)36)26-15-9-3-4-10-16-26)19-28-29(37)20-30(33-25-13-7-5-8-14-25)35(31(28)32-22)27-17-11-6-12-18-27;1-2/h3-9,11-20,33H,10,21H2,1-2H3;1-2H3. The molecule has 6 nitrogen and oxygen atoms in total. The lowest BCUT2D eigenvalue weighted by Crippen LogP contribution is -2.27. The Bertz CT molecular complexity index is 1600. The van der Waals surface area contributed by atoms with E-state index in [1.807, 2.05) is 122 Å². The van der Waals surface area contributed by atoms with Crippen LogP contribution in [0.1, 0.15) is 38.4 Å². The second kappa shape index (κ2) is 12.7. The molecule has 0 radical (unpaired) electrons. The molecule has 0 atom stereocenters. The van der Waals surface area contributed by atoms with Crippen LogP contribution in [0.5, 0.6) is 0 Å². The Kier molecular flexibility index (Phi) is 8.90. The van der Waals surface area contributed by atoms with E-state index in [0.717, 1.165) is 34.8 Å². The van der Waals surface area contributed by atoms with Gasteiger partial charge in [-0.2, -0.15) is 0 Å². The minimum atomic E-state index is -0.137. The number of anilines is 2. The normalized spacial score (nSPS) is 12.3. The van der Waals surface area contributed by atoms with Gasteiger partial charge < -0.3 is 10.2 Å². The minimum Gasteiger partial charge on any atom is -0.341 e. The fraction of sp³-hybridized carbons (Fsp3) is 0.182. The van der Waals surface area contributed by atoms with E-state index < -0.39 is 0 Å². The summed E-state index contributed by atoms with van der Waals surface area (Å²) in [5.41, 5.74) is 4.60. The molecule has 6 heteroatoms. The summed E-state index contributed by atoms with van der Waals surface area (Å²) < 4.78 is 1.96. The van der Waals surface area contributed by atoms with Gasteiger partial charge in [0.15, 0.2) is 5.43 Å². The van der Waals surface area contributed by atoms with E-state index in [2.05, 4.69) is 5.32 Å². The van der Waals surface area contributed by atoms with Crippen molar-refractivity contribution in [1.29, 1.82) is 0 Å². The smallest absolute Gasteiger partial charge is 0.224 e. The van der Waals surface area contributed by atoms with Gasteiger partial charge in [-0.3, -0.25) is 14.2 Å². The number of fused-ring (bicyclic) bond motifs is 1. The Morgan fingerprint density at radius 3 is 2.38 bits per heavy atom. The van der Waals surface area contributed by atoms with E-state index in [0.29, 0.717) is 23.4 Å². The van der Waals surface area contributed by atoms with Crippen molar-refractivity contribution < 1.29 is 4.79 Å². The number of carbonyl (C=O) groups is 1. The summed E-state index contributed by atoms with van der Waals surface area (Å²) in [6, 6.07) is 23.1. The number of pyridine rings is 2. The number of nitrogens with one attached hydrogen (secondary N) is 1. The molecular formula is C33H34N4O2. The van der Waals surface area contributed by atoms with Crippen LogP contribution in [0.15, 0.2) is 114 Å². The number of rotatable bonds is 6. The number of carbonyl (C=O) groups excluding carboxylic acids is 1. The summed E-state index contributed by atoms with van der Waals surface area (Å²) in [6.45, 7) is 7.80. The van der Waals surface area contributed by atoms with Gasteiger partial charge in [0.05, 0.1) is 11.9 Å². The molecule has 1 aliphatic rings. The average Bonchev–Trinajstić information content (AvgIpc) is 3.24. The number of aryl methyl sites for hydroxylation is 1. The highest BCUT2D eigenvalue weighted by molar-refractivity contribution is 5.82. The van der Waals surface area contributed by atoms with Gasteiger partial charge in [0, 0.05) is 35.8 Å². The molecule has 1 N–H and O–H groups in total. The predicted molar refractivity (Wildman–Crippen MR) is 160 cm³/mol. The van der Waals surface area contributed by atoms with Gasteiger partial charge in [0.25, 0.3) is 0 Å². The Morgan fingerprint density at radius 1 is 1.00 bits per heavy atom. The topological polar surface area (TPSA) is 67.2 Å². The van der Waals surface area contributed by atoms with Crippen LogP contribution in [0.4, 0.5) is 11.5 Å². The highest BCUT2D eigenvalue weighted by Crippen LogP contribution is 2.26. The van der Waals surface area contributed by atoms with Crippen LogP contribution in [0.2, 0.25) is 0 Å². The van der Waals surface area contributed by atoms with Crippen molar-refractivity contribution in [3.63, 3.8) is 0 Å². The number of aromatic nitrogens is 2. The highest BCUT2D eigenvalue weighted by Gasteiger charge is 2.19. The van der Waals surface area contributed by atoms with Crippen LogP contribution in [0.3, 0.4) is 0 Å². The lowest BCUT2D eigenvalue weighted by Gasteiger charge is -2.24. The molecule has 2 heterocycles. The summed E-state index contributed by atoms with van der Waals surface area (Å²) in [5, 5.41) is 3.88. The lowest BCUT2D eigenvalue weighted by atomic mass is 10.1. The monoisotopic (exact) mass is 518 g/mol. The molecule has 0 fully saturated rings. The van der Waals surface area contributed by atoms with E-state index in [4.69, 9.17) is 4.98 Å². The predicted octanol–water partition coefficient (Wildman–Crippen LogP) is 7.21. The first-order valence-corrected chi connectivity index (χ1v) is 13.3. The van der Waals surface area contributed by atoms with Gasteiger partial charge in [-0.05, 0) is 55.3 Å². The van der Waals surface area contributed by atoms with Gasteiger partial charge in [-0.1, -0.05) is 74.5 Å². The van der Waals surface area contributed by atoms with Gasteiger partial charge in [-0.15, -0.1) is 0 Å². The van der Waals surface area contributed by atoms with Crippen LogP contribution in [-0.4, -0.2) is 20.4 Å². The molecule has 2 aromatic carbocycles. The maximum Gasteiger partial charge on any atom is 0.224 e. The maximum atomic E-state index is 13.4. The maximum absolute atomic E-state index is 13.4. The van der Waals surface area contributed by atoms with Crippen LogP contribution >= 0.6 is 0 Å². The third-order valence-electron chi connectivity index (χ3n) is 6.34. The minimum absolute atomic E-state index is 0.0681. The molecule has 2 aromatic heterocycles. The van der Waals surface area contributed by atoms with Crippen LogP contribution in [0, 0.1) is 6.92 Å². The zero-order valence-electron chi connectivity index (χ0n) is 22.9. The number of amides is 1. The van der Waals surface area contributed by atoms with E-state index >= 15 is 0 Å². The largest absolute Gasteiger partial charge is 0.341 e. The summed E-state index contributed by atoms with van der Waals surface area (Å²) in [4.78, 5) is 32.6. The van der Waals surface area contributed by atoms with Gasteiger partial charge in [0.1, 0.15) is 11.5 Å². The van der Waals surface area contributed by atoms with Crippen molar-refractivity contribution in [2.24, 2.45) is 0 Å². The van der Waals surface area contributed by atoms with Gasteiger partial charge in [0.2, 0.25) is 5.91 Å². The van der Waals surface area contributed by atoms with E-state index in [9.17, 15) is 9.59 Å². The molecule has 0 saturated heterocycles. The second-order valence-corrected chi connectivity index (χ2v) is 8.92. The van der Waals surface area contributed by atoms with Crippen molar-refractivity contribution in [2.45, 2.75) is 40.7 Å². The molecular weight excluding hydrogens is 484 g/mol. The highest BCUT2D eigenvalue weighted by atomic mass is 16.2. The van der Waals surface area contributed by atoms with Gasteiger partial charge in [-0.25, -0.2) is 4.98 Å². The fourth-order valence-electron chi connectivity index (χ4n) is 4.45. The number of para-hydroxylation sites is 2. The number of hydrogen-bond acceptors (Lipinski definition) is 4. The van der Waals surface area contributed by atoms with E-state index in [-0.39, 0.29) is 11.3 Å². The first-order valence-electron chi connectivity index (χ1n) is 13.3. The van der Waals surface area contributed by atoms with Crippen molar-refractivity contribution in [3.05, 3.63) is 130 Å². The van der Waals surface area contributed by atoms with Crippen molar-refractivity contribution >= 4 is 28.4 Å². The number of benzene rings is 2. The molecule has 198 valence electrons. The van der Waals surface area contributed by atoms with E-state index in [1.165, 1.54) is 0 Å². The molecule has 0 bridgehead atoms. The molecule has 39 heavy (non-hydrogen) atoms. The molecule has 0 spiro atoms. The lowest BCUT2D eigenvalue weighted by molar-refractivity contribution is -0.127. The zero-order valence-corrected chi connectivity index (χ0v) is 22.9. The van der Waals surface area contributed by atoms with Crippen LogP contribution < -0.4 is 10.7 Å². The number of allylic oxidation sites excluding steroid dienone is 5. The molecule has 1 amide bonds. The quantitative estimate of drug-likeness (QED) is 0.293. The summed E-state index contributed by atoms with van der Waals surface area (Å²) in [7, 11) is 0. The van der Waals surface area contributed by atoms with Crippen LogP contribution in [-0.2, 0) is 11.3 Å². The number of hydrogen-bond donors (Lipinski definition) is 1.